The Bertz CT molecular complexity index is 202. The lowest BCUT2D eigenvalue weighted by Crippen LogP contribution is -2.37. The third-order valence-electron chi connectivity index (χ3n) is 4.28. The van der Waals surface area contributed by atoms with Crippen molar-refractivity contribution in [3.8, 4) is 0 Å². The van der Waals surface area contributed by atoms with Crippen LogP contribution in [0.2, 0.25) is 0 Å². The second kappa shape index (κ2) is 7.34. The lowest BCUT2D eigenvalue weighted by atomic mass is 9.95. The normalized spacial score (nSPS) is 31.6. The van der Waals surface area contributed by atoms with E-state index in [4.69, 9.17) is 0 Å². The first-order valence-electron chi connectivity index (χ1n) is 7.44. The summed E-state index contributed by atoms with van der Waals surface area (Å²) in [6.45, 7) is 7.50. The van der Waals surface area contributed by atoms with Crippen molar-refractivity contribution in [2.24, 2.45) is 11.8 Å². The molecule has 2 N–H and O–H groups in total. The van der Waals surface area contributed by atoms with E-state index in [1.165, 1.54) is 71.4 Å². The van der Waals surface area contributed by atoms with E-state index in [1.54, 1.807) is 0 Å². The standard InChI is InChI=1S/C14H29N3/c1-17-9-3-5-13(12-17)6-8-16-11-14-4-2-7-15-10-14/h13-16H,2-12H2,1H3. The molecule has 2 atom stereocenters. The average Bonchev–Trinajstić information content (AvgIpc) is 2.36. The van der Waals surface area contributed by atoms with E-state index >= 15 is 0 Å². The number of likely N-dealkylation sites (tertiary alicyclic amines) is 1. The summed E-state index contributed by atoms with van der Waals surface area (Å²) in [7, 11) is 2.26. The Morgan fingerprint density at radius 2 is 2.12 bits per heavy atom. The van der Waals surface area contributed by atoms with Gasteiger partial charge < -0.3 is 15.5 Å². The Balaban J connectivity index is 1.50. The minimum absolute atomic E-state index is 0.873. The van der Waals surface area contributed by atoms with Gasteiger partial charge in [-0.1, -0.05) is 0 Å². The average molecular weight is 239 g/mol. The van der Waals surface area contributed by atoms with Gasteiger partial charge in [0.1, 0.15) is 0 Å². The quantitative estimate of drug-likeness (QED) is 0.708. The summed E-state index contributed by atoms with van der Waals surface area (Å²) in [5, 5.41) is 7.14. The third-order valence-corrected chi connectivity index (χ3v) is 4.28. The van der Waals surface area contributed by atoms with Gasteiger partial charge in [0.25, 0.3) is 0 Å². The van der Waals surface area contributed by atoms with Crippen molar-refractivity contribution >= 4 is 0 Å². The van der Waals surface area contributed by atoms with E-state index in [1.807, 2.05) is 0 Å². The number of nitrogens with one attached hydrogen (secondary N) is 2. The van der Waals surface area contributed by atoms with Gasteiger partial charge >= 0.3 is 0 Å². The zero-order chi connectivity index (χ0) is 11.9. The van der Waals surface area contributed by atoms with Gasteiger partial charge in [-0.05, 0) is 83.7 Å². The molecule has 2 rings (SSSR count). The fraction of sp³-hybridized carbons (Fsp3) is 1.00. The van der Waals surface area contributed by atoms with Crippen LogP contribution in [-0.4, -0.2) is 51.2 Å². The zero-order valence-electron chi connectivity index (χ0n) is 11.4. The van der Waals surface area contributed by atoms with E-state index < -0.39 is 0 Å². The van der Waals surface area contributed by atoms with Gasteiger partial charge in [0, 0.05) is 6.54 Å². The molecule has 2 saturated heterocycles. The van der Waals surface area contributed by atoms with Gasteiger partial charge in [-0.3, -0.25) is 0 Å². The summed E-state index contributed by atoms with van der Waals surface area (Å²) in [5.41, 5.74) is 0. The van der Waals surface area contributed by atoms with Crippen molar-refractivity contribution < 1.29 is 0 Å². The summed E-state index contributed by atoms with van der Waals surface area (Å²) in [6, 6.07) is 0. The van der Waals surface area contributed by atoms with Gasteiger partial charge in [0.05, 0.1) is 0 Å². The van der Waals surface area contributed by atoms with Crippen LogP contribution >= 0.6 is 0 Å². The molecule has 0 amide bonds. The second-order valence-electron chi connectivity index (χ2n) is 5.98. The Morgan fingerprint density at radius 1 is 1.24 bits per heavy atom. The molecule has 3 nitrogen and oxygen atoms in total. The largest absolute Gasteiger partial charge is 0.316 e. The highest BCUT2D eigenvalue weighted by atomic mass is 15.1. The Labute approximate surface area is 106 Å². The molecule has 2 fully saturated rings. The van der Waals surface area contributed by atoms with E-state index in [0.29, 0.717) is 0 Å². The maximum atomic E-state index is 3.66. The van der Waals surface area contributed by atoms with Crippen molar-refractivity contribution in [1.29, 1.82) is 0 Å². The van der Waals surface area contributed by atoms with E-state index in [9.17, 15) is 0 Å². The second-order valence-corrected chi connectivity index (χ2v) is 5.98. The molecule has 3 heteroatoms. The van der Waals surface area contributed by atoms with Gasteiger partial charge in [-0.25, -0.2) is 0 Å². The van der Waals surface area contributed by atoms with Crippen LogP contribution in [0.15, 0.2) is 0 Å². The molecule has 0 aromatic carbocycles. The molecule has 2 aliphatic heterocycles. The molecule has 2 unspecified atom stereocenters. The number of nitrogens with zero attached hydrogens (tertiary/aromatic N) is 1. The van der Waals surface area contributed by atoms with Gasteiger partial charge in [0.15, 0.2) is 0 Å². The van der Waals surface area contributed by atoms with Gasteiger partial charge in [-0.15, -0.1) is 0 Å². The first kappa shape index (κ1) is 13.3. The Morgan fingerprint density at radius 3 is 2.88 bits per heavy atom. The molecule has 0 aromatic heterocycles. The van der Waals surface area contributed by atoms with Crippen LogP contribution in [0.1, 0.15) is 32.1 Å². The van der Waals surface area contributed by atoms with Crippen molar-refractivity contribution in [3.05, 3.63) is 0 Å². The molecule has 17 heavy (non-hydrogen) atoms. The molecule has 0 spiro atoms. The monoisotopic (exact) mass is 239 g/mol. The van der Waals surface area contributed by atoms with Crippen LogP contribution in [0.25, 0.3) is 0 Å². The van der Waals surface area contributed by atoms with Gasteiger partial charge in [-0.2, -0.15) is 0 Å². The molecule has 100 valence electrons. The highest BCUT2D eigenvalue weighted by Crippen LogP contribution is 2.17. The topological polar surface area (TPSA) is 27.3 Å². The van der Waals surface area contributed by atoms with Crippen LogP contribution in [0.5, 0.6) is 0 Å². The fourth-order valence-electron chi connectivity index (χ4n) is 3.22. The molecular weight excluding hydrogens is 210 g/mol. The lowest BCUT2D eigenvalue weighted by Gasteiger charge is -2.30. The van der Waals surface area contributed by atoms with Gasteiger partial charge in [0.2, 0.25) is 0 Å². The lowest BCUT2D eigenvalue weighted by molar-refractivity contribution is 0.200. The molecule has 0 radical (unpaired) electrons. The number of rotatable bonds is 5. The maximum absolute atomic E-state index is 3.66. The molecular formula is C14H29N3. The first-order valence-corrected chi connectivity index (χ1v) is 7.44. The molecule has 0 bridgehead atoms. The fourth-order valence-corrected chi connectivity index (χ4v) is 3.22. The number of piperidine rings is 2. The Kier molecular flexibility index (Phi) is 5.75. The molecule has 2 aliphatic rings. The number of hydrogen-bond acceptors (Lipinski definition) is 3. The molecule has 0 saturated carbocycles. The van der Waals surface area contributed by atoms with E-state index in [-0.39, 0.29) is 0 Å². The van der Waals surface area contributed by atoms with Crippen molar-refractivity contribution in [1.82, 2.24) is 15.5 Å². The number of hydrogen-bond donors (Lipinski definition) is 2. The third kappa shape index (κ3) is 4.94. The summed E-state index contributed by atoms with van der Waals surface area (Å²) >= 11 is 0. The summed E-state index contributed by atoms with van der Waals surface area (Å²) in [6.07, 6.45) is 6.97. The van der Waals surface area contributed by atoms with E-state index in [0.717, 1.165) is 11.8 Å². The van der Waals surface area contributed by atoms with Crippen LogP contribution < -0.4 is 10.6 Å². The predicted molar refractivity (Wildman–Crippen MR) is 73.3 cm³/mol. The maximum Gasteiger partial charge on any atom is 0.000709 e. The minimum atomic E-state index is 0.873. The molecule has 2 heterocycles. The zero-order valence-corrected chi connectivity index (χ0v) is 11.4. The Hall–Kier alpha value is -0.120. The van der Waals surface area contributed by atoms with Crippen LogP contribution in [-0.2, 0) is 0 Å². The molecule has 0 aromatic rings. The first-order chi connectivity index (χ1) is 8.34. The van der Waals surface area contributed by atoms with Crippen LogP contribution in [0, 0.1) is 11.8 Å². The predicted octanol–water partition coefficient (Wildman–Crippen LogP) is 1.31. The van der Waals surface area contributed by atoms with Crippen molar-refractivity contribution in [3.63, 3.8) is 0 Å². The highest BCUT2D eigenvalue weighted by Gasteiger charge is 2.17. The highest BCUT2D eigenvalue weighted by molar-refractivity contribution is 4.73. The van der Waals surface area contributed by atoms with Crippen LogP contribution in [0.4, 0.5) is 0 Å². The minimum Gasteiger partial charge on any atom is -0.316 e. The van der Waals surface area contributed by atoms with Crippen molar-refractivity contribution in [2.75, 3.05) is 46.3 Å². The SMILES string of the molecule is CN1CCCC(CCNCC2CCCNC2)C1. The van der Waals surface area contributed by atoms with Crippen LogP contribution in [0.3, 0.4) is 0 Å². The summed E-state index contributed by atoms with van der Waals surface area (Å²) in [4.78, 5) is 2.49. The van der Waals surface area contributed by atoms with Crippen molar-refractivity contribution in [2.45, 2.75) is 32.1 Å². The summed E-state index contributed by atoms with van der Waals surface area (Å²) in [5.74, 6) is 1.81. The summed E-state index contributed by atoms with van der Waals surface area (Å²) < 4.78 is 0. The van der Waals surface area contributed by atoms with E-state index in [2.05, 4.69) is 22.6 Å². The molecule has 0 aliphatic carbocycles. The smallest absolute Gasteiger partial charge is 0.000709 e.